The molecule has 19 heavy (non-hydrogen) atoms. The molecule has 1 amide bonds. The van der Waals surface area contributed by atoms with E-state index < -0.39 is 0 Å². The Morgan fingerprint density at radius 1 is 1.11 bits per heavy atom. The van der Waals surface area contributed by atoms with Gasteiger partial charge in [0.15, 0.2) is 5.78 Å². The molecule has 3 heteroatoms. The Bertz CT molecular complexity index is 421. The van der Waals surface area contributed by atoms with Gasteiger partial charge in [-0.3, -0.25) is 9.59 Å². The van der Waals surface area contributed by atoms with Crippen LogP contribution >= 0.6 is 0 Å². The summed E-state index contributed by atoms with van der Waals surface area (Å²) in [5.41, 5.74) is 1.81. The molecule has 0 radical (unpaired) electrons. The largest absolute Gasteiger partial charge is 0.356 e. The van der Waals surface area contributed by atoms with Crippen LogP contribution < -0.4 is 5.32 Å². The maximum atomic E-state index is 11.9. The van der Waals surface area contributed by atoms with Gasteiger partial charge in [-0.2, -0.15) is 0 Å². The monoisotopic (exact) mass is 261 g/mol. The number of carbonyl (C=O) groups excluding carboxylic acids is 2. The molecule has 104 valence electrons. The minimum Gasteiger partial charge on any atom is -0.356 e. The molecule has 0 fully saturated rings. The van der Waals surface area contributed by atoms with Crippen LogP contribution in [0.4, 0.5) is 0 Å². The van der Waals surface area contributed by atoms with Crippen molar-refractivity contribution in [2.24, 2.45) is 5.92 Å². The molecular formula is C16H23NO2. The van der Waals surface area contributed by atoms with Gasteiger partial charge in [0.2, 0.25) is 5.91 Å². The van der Waals surface area contributed by atoms with Crippen molar-refractivity contribution in [3.05, 3.63) is 35.4 Å². The molecular weight excluding hydrogens is 238 g/mol. The lowest BCUT2D eigenvalue weighted by atomic mass is 10.0. The van der Waals surface area contributed by atoms with E-state index in [0.29, 0.717) is 18.0 Å². The first-order chi connectivity index (χ1) is 8.99. The summed E-state index contributed by atoms with van der Waals surface area (Å²) in [6, 6.07) is 7.45. The van der Waals surface area contributed by atoms with Crippen LogP contribution in [0.25, 0.3) is 0 Å². The molecule has 0 atom stereocenters. The van der Waals surface area contributed by atoms with Gasteiger partial charge >= 0.3 is 0 Å². The second-order valence-corrected chi connectivity index (χ2v) is 5.32. The van der Waals surface area contributed by atoms with Gasteiger partial charge in [-0.05, 0) is 19.3 Å². The van der Waals surface area contributed by atoms with Crippen molar-refractivity contribution >= 4 is 11.7 Å². The fraction of sp³-hybridized carbons (Fsp3) is 0.500. The Labute approximate surface area is 115 Å². The number of rotatable bonds is 7. The smallest absolute Gasteiger partial charge is 0.220 e. The Morgan fingerprint density at radius 2 is 1.74 bits per heavy atom. The first kappa shape index (κ1) is 15.4. The van der Waals surface area contributed by atoms with Gasteiger partial charge in [-0.1, -0.05) is 43.7 Å². The molecule has 1 aromatic carbocycles. The topological polar surface area (TPSA) is 46.2 Å². The van der Waals surface area contributed by atoms with Crippen LogP contribution in [0.1, 0.15) is 49.0 Å². The zero-order chi connectivity index (χ0) is 14.3. The van der Waals surface area contributed by atoms with Crippen molar-refractivity contribution in [2.75, 3.05) is 6.54 Å². The van der Waals surface area contributed by atoms with Crippen molar-refractivity contribution in [1.29, 1.82) is 0 Å². The molecule has 0 unspecified atom stereocenters. The maximum absolute atomic E-state index is 11.9. The normalized spacial score (nSPS) is 10.5. The number of benzene rings is 1. The molecule has 3 nitrogen and oxygen atoms in total. The lowest BCUT2D eigenvalue weighted by Crippen LogP contribution is -2.25. The van der Waals surface area contributed by atoms with Crippen LogP contribution in [0.3, 0.4) is 0 Å². The lowest BCUT2D eigenvalue weighted by molar-refractivity contribution is -0.121. The van der Waals surface area contributed by atoms with E-state index in [9.17, 15) is 9.59 Å². The van der Waals surface area contributed by atoms with Crippen LogP contribution in [-0.4, -0.2) is 18.2 Å². The molecule has 1 N–H and O–H groups in total. The zero-order valence-electron chi connectivity index (χ0n) is 12.0. The maximum Gasteiger partial charge on any atom is 0.220 e. The lowest BCUT2D eigenvalue weighted by Gasteiger charge is -2.07. The Balaban J connectivity index is 2.30. The van der Waals surface area contributed by atoms with Gasteiger partial charge in [0.25, 0.3) is 0 Å². The van der Waals surface area contributed by atoms with Gasteiger partial charge in [-0.15, -0.1) is 0 Å². The highest BCUT2D eigenvalue weighted by molar-refractivity contribution is 5.97. The molecule has 1 rings (SSSR count). The van der Waals surface area contributed by atoms with E-state index in [-0.39, 0.29) is 24.5 Å². The van der Waals surface area contributed by atoms with Gasteiger partial charge in [0, 0.05) is 24.9 Å². The molecule has 0 saturated carbocycles. The number of aryl methyl sites for hydroxylation is 1. The van der Waals surface area contributed by atoms with E-state index in [0.717, 1.165) is 12.0 Å². The molecule has 0 aliphatic heterocycles. The van der Waals surface area contributed by atoms with Gasteiger partial charge in [0.05, 0.1) is 0 Å². The average Bonchev–Trinajstić information content (AvgIpc) is 2.36. The second kappa shape index (κ2) is 7.72. The number of ketones is 1. The fourth-order valence-electron chi connectivity index (χ4n) is 1.70. The molecule has 0 aliphatic rings. The standard InChI is InChI=1S/C16H23NO2/c1-12(2)10-11-17-16(19)9-8-15(18)14-6-4-13(3)5-7-14/h4-7,12H,8-11H2,1-3H3,(H,17,19). The first-order valence-electron chi connectivity index (χ1n) is 6.85. The third-order valence-corrected chi connectivity index (χ3v) is 3.00. The van der Waals surface area contributed by atoms with Crippen LogP contribution in [0, 0.1) is 12.8 Å². The van der Waals surface area contributed by atoms with Crippen molar-refractivity contribution in [3.8, 4) is 0 Å². The van der Waals surface area contributed by atoms with E-state index in [2.05, 4.69) is 19.2 Å². The number of Topliss-reactive ketones (excluding diaryl/α,β-unsaturated/α-hetero) is 1. The molecule has 1 aromatic rings. The third kappa shape index (κ3) is 6.18. The minimum absolute atomic E-state index is 0.0269. The number of hydrogen-bond donors (Lipinski definition) is 1. The van der Waals surface area contributed by atoms with E-state index in [4.69, 9.17) is 0 Å². The molecule has 0 heterocycles. The minimum atomic E-state index is -0.0406. The molecule has 0 aromatic heterocycles. The summed E-state index contributed by atoms with van der Waals surface area (Å²) in [6.07, 6.45) is 1.51. The van der Waals surface area contributed by atoms with Crippen LogP contribution in [0.2, 0.25) is 0 Å². The zero-order valence-corrected chi connectivity index (χ0v) is 12.0. The third-order valence-electron chi connectivity index (χ3n) is 3.00. The van der Waals surface area contributed by atoms with Crippen LogP contribution in [0.15, 0.2) is 24.3 Å². The number of carbonyl (C=O) groups is 2. The van der Waals surface area contributed by atoms with Crippen LogP contribution in [0.5, 0.6) is 0 Å². The first-order valence-corrected chi connectivity index (χ1v) is 6.85. The van der Waals surface area contributed by atoms with E-state index in [1.54, 1.807) is 0 Å². The number of nitrogens with one attached hydrogen (secondary N) is 1. The average molecular weight is 261 g/mol. The summed E-state index contributed by atoms with van der Waals surface area (Å²) in [7, 11) is 0. The predicted octanol–water partition coefficient (Wildman–Crippen LogP) is 3.12. The van der Waals surface area contributed by atoms with Crippen molar-refractivity contribution in [2.45, 2.75) is 40.0 Å². The summed E-state index contributed by atoms with van der Waals surface area (Å²) in [6.45, 7) is 6.91. The highest BCUT2D eigenvalue weighted by atomic mass is 16.2. The predicted molar refractivity (Wildman–Crippen MR) is 77.2 cm³/mol. The molecule has 0 aliphatic carbocycles. The van der Waals surface area contributed by atoms with Crippen LogP contribution in [-0.2, 0) is 4.79 Å². The molecule has 0 bridgehead atoms. The quantitative estimate of drug-likeness (QED) is 0.766. The SMILES string of the molecule is Cc1ccc(C(=O)CCC(=O)NCCC(C)C)cc1. The highest BCUT2D eigenvalue weighted by Crippen LogP contribution is 2.07. The molecule has 0 spiro atoms. The van der Waals surface area contributed by atoms with Gasteiger partial charge < -0.3 is 5.32 Å². The summed E-state index contributed by atoms with van der Waals surface area (Å²) < 4.78 is 0. The van der Waals surface area contributed by atoms with E-state index >= 15 is 0 Å². The summed E-state index contributed by atoms with van der Waals surface area (Å²) >= 11 is 0. The number of hydrogen-bond acceptors (Lipinski definition) is 2. The van der Waals surface area contributed by atoms with E-state index in [1.165, 1.54) is 0 Å². The van der Waals surface area contributed by atoms with E-state index in [1.807, 2.05) is 31.2 Å². The highest BCUT2D eigenvalue weighted by Gasteiger charge is 2.08. The van der Waals surface area contributed by atoms with Crippen molar-refractivity contribution < 1.29 is 9.59 Å². The summed E-state index contributed by atoms with van der Waals surface area (Å²) in [4.78, 5) is 23.4. The molecule has 0 saturated heterocycles. The number of amides is 1. The van der Waals surface area contributed by atoms with Crippen molar-refractivity contribution in [3.63, 3.8) is 0 Å². The summed E-state index contributed by atoms with van der Waals surface area (Å²) in [5, 5.41) is 2.84. The fourth-order valence-corrected chi connectivity index (χ4v) is 1.70. The van der Waals surface area contributed by atoms with Crippen molar-refractivity contribution in [1.82, 2.24) is 5.32 Å². The summed E-state index contributed by atoms with van der Waals surface area (Å²) in [5.74, 6) is 0.564. The Kier molecular flexibility index (Phi) is 6.26. The van der Waals surface area contributed by atoms with Gasteiger partial charge in [0.1, 0.15) is 0 Å². The Hall–Kier alpha value is -1.64. The Morgan fingerprint density at radius 3 is 2.32 bits per heavy atom. The second-order valence-electron chi connectivity index (χ2n) is 5.32. The van der Waals surface area contributed by atoms with Gasteiger partial charge in [-0.25, -0.2) is 0 Å².